The third-order valence-corrected chi connectivity index (χ3v) is 4.06. The van der Waals surface area contributed by atoms with E-state index in [1.807, 2.05) is 4.90 Å². The lowest BCUT2D eigenvalue weighted by molar-refractivity contribution is 0.122. The number of halogens is 4. The van der Waals surface area contributed by atoms with Gasteiger partial charge in [-0.15, -0.1) is 0 Å². The summed E-state index contributed by atoms with van der Waals surface area (Å²) in [6.45, 7) is 1.39. The molecule has 1 aromatic carbocycles. The quantitative estimate of drug-likeness (QED) is 0.603. The van der Waals surface area contributed by atoms with Gasteiger partial charge in [0.05, 0.1) is 44.3 Å². The van der Waals surface area contributed by atoms with Crippen LogP contribution in [0.5, 0.6) is 5.75 Å². The highest BCUT2D eigenvalue weighted by Crippen LogP contribution is 2.30. The second kappa shape index (κ2) is 7.32. The smallest absolute Gasteiger partial charge is 0.269 e. The molecule has 1 saturated heterocycles. The Morgan fingerprint density at radius 1 is 1.12 bits per heavy atom. The summed E-state index contributed by atoms with van der Waals surface area (Å²) < 4.78 is 65.9. The first-order chi connectivity index (χ1) is 12.4. The van der Waals surface area contributed by atoms with E-state index in [2.05, 4.69) is 9.84 Å². The van der Waals surface area contributed by atoms with Gasteiger partial charge in [0.15, 0.2) is 17.4 Å². The molecule has 10 heteroatoms. The van der Waals surface area contributed by atoms with E-state index in [1.165, 1.54) is 12.3 Å². The Morgan fingerprint density at radius 3 is 2.27 bits per heavy atom. The van der Waals surface area contributed by atoms with Gasteiger partial charge in [-0.25, -0.2) is 13.5 Å². The van der Waals surface area contributed by atoms with Gasteiger partial charge in [0.1, 0.15) is 0 Å². The minimum atomic E-state index is -1.67. The third kappa shape index (κ3) is 3.24. The van der Waals surface area contributed by atoms with Crippen LogP contribution in [0.15, 0.2) is 17.1 Å². The van der Waals surface area contributed by atoms with Crippen molar-refractivity contribution in [2.75, 3.05) is 38.3 Å². The molecule has 1 aliphatic heterocycles. The van der Waals surface area contributed by atoms with Crippen LogP contribution in [0.3, 0.4) is 0 Å². The number of anilines is 1. The van der Waals surface area contributed by atoms with Crippen molar-refractivity contribution >= 4 is 5.69 Å². The van der Waals surface area contributed by atoms with E-state index in [9.17, 15) is 22.4 Å². The number of morpholine rings is 1. The zero-order valence-corrected chi connectivity index (χ0v) is 13.8. The molecule has 0 radical (unpaired) electrons. The minimum absolute atomic E-state index is 0.504. The lowest BCUT2D eigenvalue weighted by atomic mass is 10.1. The van der Waals surface area contributed by atoms with E-state index in [4.69, 9.17) is 4.74 Å². The average molecular weight is 373 g/mol. The van der Waals surface area contributed by atoms with Crippen LogP contribution < -0.4 is 15.2 Å². The topological polar surface area (TPSA) is 56.6 Å². The molecule has 0 bridgehead atoms. The molecule has 26 heavy (non-hydrogen) atoms. The standard InChI is InChI=1S/C16H15F4N3O3/c1-25-16-14(19)12(17)10(13(18)15(16)20)8-23-11(24)6-9(7-21-23)22-2-4-26-5-3-22/h6-7H,2-5,8H2,1H3. The highest BCUT2D eigenvalue weighted by molar-refractivity contribution is 5.43. The fraction of sp³-hybridized carbons (Fsp3) is 0.375. The predicted molar refractivity (Wildman–Crippen MR) is 83.5 cm³/mol. The number of aromatic nitrogens is 2. The number of nitrogens with zero attached hydrogens (tertiary/aromatic N) is 3. The number of hydrogen-bond acceptors (Lipinski definition) is 5. The van der Waals surface area contributed by atoms with Crippen LogP contribution in [-0.2, 0) is 11.3 Å². The summed E-state index contributed by atoms with van der Waals surface area (Å²) in [7, 11) is 0.885. The lowest BCUT2D eigenvalue weighted by Crippen LogP contribution is -2.37. The van der Waals surface area contributed by atoms with Crippen molar-refractivity contribution in [2.45, 2.75) is 6.54 Å². The number of benzene rings is 1. The molecule has 0 atom stereocenters. The zero-order chi connectivity index (χ0) is 18.8. The number of hydrogen-bond donors (Lipinski definition) is 0. The van der Waals surface area contributed by atoms with Crippen molar-refractivity contribution in [3.63, 3.8) is 0 Å². The molecule has 0 spiro atoms. The molecule has 140 valence electrons. The van der Waals surface area contributed by atoms with Crippen LogP contribution in [0.2, 0.25) is 0 Å². The summed E-state index contributed by atoms with van der Waals surface area (Å²) >= 11 is 0. The van der Waals surface area contributed by atoms with E-state index in [0.29, 0.717) is 32.0 Å². The molecule has 2 heterocycles. The Labute approximate surface area is 145 Å². The summed E-state index contributed by atoms with van der Waals surface area (Å²) in [6, 6.07) is 1.24. The van der Waals surface area contributed by atoms with Gasteiger partial charge in [-0.05, 0) is 0 Å². The van der Waals surface area contributed by atoms with Gasteiger partial charge in [-0.3, -0.25) is 4.79 Å². The molecule has 0 amide bonds. The molecule has 6 nitrogen and oxygen atoms in total. The maximum Gasteiger partial charge on any atom is 0.269 e. The molecular formula is C16H15F4N3O3. The Morgan fingerprint density at radius 2 is 1.73 bits per heavy atom. The van der Waals surface area contributed by atoms with Crippen LogP contribution in [-0.4, -0.2) is 43.2 Å². The molecule has 3 rings (SSSR count). The summed E-state index contributed by atoms with van der Waals surface area (Å²) in [5, 5.41) is 3.85. The van der Waals surface area contributed by atoms with Crippen molar-refractivity contribution in [1.29, 1.82) is 0 Å². The summed E-state index contributed by atoms with van der Waals surface area (Å²) in [4.78, 5) is 14.1. The van der Waals surface area contributed by atoms with Gasteiger partial charge < -0.3 is 14.4 Å². The molecule has 2 aromatic rings. The monoisotopic (exact) mass is 373 g/mol. The van der Waals surface area contributed by atoms with Gasteiger partial charge in [-0.1, -0.05) is 0 Å². The fourth-order valence-electron chi connectivity index (χ4n) is 2.66. The molecule has 0 N–H and O–H groups in total. The first kappa shape index (κ1) is 18.2. The predicted octanol–water partition coefficient (Wildman–Crippen LogP) is 1.69. The second-order valence-electron chi connectivity index (χ2n) is 5.58. The molecular weight excluding hydrogens is 358 g/mol. The molecule has 0 aliphatic carbocycles. The third-order valence-electron chi connectivity index (χ3n) is 4.06. The van der Waals surface area contributed by atoms with E-state index >= 15 is 0 Å². The van der Waals surface area contributed by atoms with Gasteiger partial charge in [-0.2, -0.15) is 13.9 Å². The van der Waals surface area contributed by atoms with Crippen LogP contribution in [0.1, 0.15) is 5.56 Å². The largest absolute Gasteiger partial charge is 0.491 e. The van der Waals surface area contributed by atoms with Gasteiger partial charge in [0.25, 0.3) is 5.56 Å². The van der Waals surface area contributed by atoms with Crippen LogP contribution in [0.4, 0.5) is 23.2 Å². The Balaban J connectivity index is 1.93. The van der Waals surface area contributed by atoms with Gasteiger partial charge >= 0.3 is 0 Å². The first-order valence-electron chi connectivity index (χ1n) is 7.72. The summed E-state index contributed by atoms with van der Waals surface area (Å²) in [5.74, 6) is -7.76. The molecule has 1 aromatic heterocycles. The van der Waals surface area contributed by atoms with Crippen LogP contribution in [0.25, 0.3) is 0 Å². The molecule has 1 fully saturated rings. The normalized spacial score (nSPS) is 14.6. The zero-order valence-electron chi connectivity index (χ0n) is 13.8. The van der Waals surface area contributed by atoms with E-state index in [0.717, 1.165) is 11.8 Å². The Kier molecular flexibility index (Phi) is 5.12. The minimum Gasteiger partial charge on any atom is -0.491 e. The number of ether oxygens (including phenoxy) is 2. The summed E-state index contributed by atoms with van der Waals surface area (Å²) in [5.41, 5.74) is -1.08. The number of methoxy groups -OCH3 is 1. The molecule has 0 saturated carbocycles. The first-order valence-corrected chi connectivity index (χ1v) is 7.72. The molecule has 1 aliphatic rings. The van der Waals surface area contributed by atoms with Crippen molar-refractivity contribution in [1.82, 2.24) is 9.78 Å². The SMILES string of the molecule is COc1c(F)c(F)c(Cn2ncc(N3CCOCC3)cc2=O)c(F)c1F. The fourth-order valence-corrected chi connectivity index (χ4v) is 2.66. The highest BCUT2D eigenvalue weighted by Gasteiger charge is 2.26. The lowest BCUT2D eigenvalue weighted by Gasteiger charge is -2.28. The van der Waals surface area contributed by atoms with E-state index in [-0.39, 0.29) is 0 Å². The van der Waals surface area contributed by atoms with Gasteiger partial charge in [0.2, 0.25) is 11.6 Å². The van der Waals surface area contributed by atoms with Crippen molar-refractivity contribution < 1.29 is 27.0 Å². The van der Waals surface area contributed by atoms with E-state index in [1.54, 1.807) is 0 Å². The average Bonchev–Trinajstić information content (AvgIpc) is 2.66. The summed E-state index contributed by atoms with van der Waals surface area (Å²) in [6.07, 6.45) is 1.35. The van der Waals surface area contributed by atoms with Crippen molar-refractivity contribution in [3.05, 3.63) is 51.4 Å². The van der Waals surface area contributed by atoms with E-state index < -0.39 is 46.7 Å². The highest BCUT2D eigenvalue weighted by atomic mass is 19.2. The maximum absolute atomic E-state index is 14.1. The maximum atomic E-state index is 14.1. The molecule has 0 unspecified atom stereocenters. The second-order valence-corrected chi connectivity index (χ2v) is 5.58. The van der Waals surface area contributed by atoms with Gasteiger partial charge in [0, 0.05) is 19.2 Å². The number of rotatable bonds is 4. The van der Waals surface area contributed by atoms with Crippen LogP contribution in [0, 0.1) is 23.3 Å². The Hall–Kier alpha value is -2.62. The van der Waals surface area contributed by atoms with Crippen molar-refractivity contribution in [3.8, 4) is 5.75 Å². The van der Waals surface area contributed by atoms with Crippen LogP contribution >= 0.6 is 0 Å². The van der Waals surface area contributed by atoms with Crippen molar-refractivity contribution in [2.24, 2.45) is 0 Å². The Bertz CT molecular complexity index is 853.